The van der Waals surface area contributed by atoms with Crippen LogP contribution in [0.3, 0.4) is 0 Å². The van der Waals surface area contributed by atoms with Crippen LogP contribution in [0, 0.1) is 6.92 Å². The lowest BCUT2D eigenvalue weighted by Crippen LogP contribution is -2.37. The van der Waals surface area contributed by atoms with Crippen molar-refractivity contribution in [1.29, 1.82) is 0 Å². The highest BCUT2D eigenvalue weighted by molar-refractivity contribution is 6.10. The Hall–Kier alpha value is -2.93. The maximum absolute atomic E-state index is 13.4. The summed E-state index contributed by atoms with van der Waals surface area (Å²) in [5, 5.41) is 3.93. The van der Waals surface area contributed by atoms with Crippen LogP contribution < -0.4 is 10.2 Å². The number of aromatic nitrogens is 2. The van der Waals surface area contributed by atoms with Crippen molar-refractivity contribution in [2.45, 2.75) is 32.2 Å². The minimum absolute atomic E-state index is 0.00765. The molecule has 7 nitrogen and oxygen atoms in total. The van der Waals surface area contributed by atoms with Gasteiger partial charge in [0.1, 0.15) is 17.9 Å². The van der Waals surface area contributed by atoms with Crippen LogP contribution in [0.1, 0.15) is 46.1 Å². The minimum atomic E-state index is -0.132. The van der Waals surface area contributed by atoms with E-state index in [9.17, 15) is 4.79 Å². The van der Waals surface area contributed by atoms with Gasteiger partial charge in [0, 0.05) is 13.1 Å². The molecule has 1 N–H and O–H groups in total. The smallest absolute Gasteiger partial charge is 0.256 e. The molecule has 3 heterocycles. The highest BCUT2D eigenvalue weighted by Crippen LogP contribution is 2.34. The number of rotatable bonds is 3. The van der Waals surface area contributed by atoms with Gasteiger partial charge in [0.05, 0.1) is 30.2 Å². The number of carbonyl (C=O) groups excluding carboxylic acids is 1. The number of carbonyl (C=O) groups is 1. The molecule has 1 aliphatic heterocycles. The van der Waals surface area contributed by atoms with Crippen molar-refractivity contribution in [3.05, 3.63) is 53.0 Å². The highest BCUT2D eigenvalue weighted by Gasteiger charge is 2.28. The Morgan fingerprint density at radius 2 is 2.03 bits per heavy atom. The lowest BCUT2D eigenvalue weighted by atomic mass is 9.87. The molecule has 1 aromatic carbocycles. The molecule has 0 unspecified atom stereocenters. The molecule has 0 bridgehead atoms. The van der Waals surface area contributed by atoms with E-state index in [4.69, 9.17) is 9.15 Å². The van der Waals surface area contributed by atoms with Crippen LogP contribution in [-0.2, 0) is 11.2 Å². The van der Waals surface area contributed by atoms with Gasteiger partial charge in [-0.3, -0.25) is 4.79 Å². The number of nitrogens with one attached hydrogen (secondary N) is 1. The summed E-state index contributed by atoms with van der Waals surface area (Å²) in [4.78, 5) is 24.3. The molecule has 2 aliphatic rings. The van der Waals surface area contributed by atoms with Crippen molar-refractivity contribution in [3.63, 3.8) is 0 Å². The van der Waals surface area contributed by atoms with Gasteiger partial charge < -0.3 is 19.4 Å². The third kappa shape index (κ3) is 3.25. The molecule has 1 amide bonds. The molecule has 1 aliphatic carbocycles. The maximum atomic E-state index is 13.4. The second-order valence-electron chi connectivity index (χ2n) is 7.63. The summed E-state index contributed by atoms with van der Waals surface area (Å²) in [6, 6.07) is 8.36. The molecule has 0 saturated carbocycles. The molecule has 150 valence electrons. The Labute approximate surface area is 169 Å². The Bertz CT molecular complexity index is 1060. The Kier molecular flexibility index (Phi) is 4.67. The molecule has 5 rings (SSSR count). The predicted molar refractivity (Wildman–Crippen MR) is 109 cm³/mol. The number of hydrogen-bond acceptors (Lipinski definition) is 6. The summed E-state index contributed by atoms with van der Waals surface area (Å²) in [7, 11) is 0. The van der Waals surface area contributed by atoms with Gasteiger partial charge >= 0.3 is 0 Å². The standard InChI is InChI=1S/C22H24N4O3/c1-14-18(21(27)25-17-8-4-6-15-5-2-3-7-16(15)17)19-20(23-13-24-22(19)29-14)26-9-11-28-12-10-26/h2-3,5,7,13,17H,4,6,8-12H2,1H3,(H,25,27)/t17-/m0/s1. The fourth-order valence-electron chi connectivity index (χ4n) is 4.45. The first kappa shape index (κ1) is 18.1. The fraction of sp³-hybridized carbons (Fsp3) is 0.409. The summed E-state index contributed by atoms with van der Waals surface area (Å²) >= 11 is 0. The molecular weight excluding hydrogens is 368 g/mol. The number of hydrogen-bond donors (Lipinski definition) is 1. The number of nitrogens with zero attached hydrogens (tertiary/aromatic N) is 3. The molecule has 1 fully saturated rings. The van der Waals surface area contributed by atoms with E-state index in [1.807, 2.05) is 13.0 Å². The van der Waals surface area contributed by atoms with Crippen molar-refractivity contribution in [2.24, 2.45) is 0 Å². The van der Waals surface area contributed by atoms with E-state index < -0.39 is 0 Å². The van der Waals surface area contributed by atoms with Crippen molar-refractivity contribution < 1.29 is 13.9 Å². The number of fused-ring (bicyclic) bond motifs is 2. The van der Waals surface area contributed by atoms with Crippen LogP contribution in [0.2, 0.25) is 0 Å². The van der Waals surface area contributed by atoms with E-state index in [-0.39, 0.29) is 11.9 Å². The second kappa shape index (κ2) is 7.48. The molecule has 0 spiro atoms. The van der Waals surface area contributed by atoms with Crippen LogP contribution in [0.5, 0.6) is 0 Å². The molecule has 2 aromatic heterocycles. The summed E-state index contributed by atoms with van der Waals surface area (Å²) in [5.74, 6) is 1.17. The second-order valence-corrected chi connectivity index (χ2v) is 7.63. The molecule has 3 aromatic rings. The van der Waals surface area contributed by atoms with E-state index in [1.54, 1.807) is 0 Å². The third-order valence-corrected chi connectivity index (χ3v) is 5.86. The first-order valence-electron chi connectivity index (χ1n) is 10.2. The van der Waals surface area contributed by atoms with E-state index in [0.717, 1.165) is 38.2 Å². The van der Waals surface area contributed by atoms with Gasteiger partial charge in [0.25, 0.3) is 5.91 Å². The quantitative estimate of drug-likeness (QED) is 0.737. The van der Waals surface area contributed by atoms with Gasteiger partial charge in [-0.15, -0.1) is 0 Å². The van der Waals surface area contributed by atoms with E-state index in [1.165, 1.54) is 17.5 Å². The Morgan fingerprint density at radius 3 is 2.90 bits per heavy atom. The lowest BCUT2D eigenvalue weighted by Gasteiger charge is -2.28. The predicted octanol–water partition coefficient (Wildman–Crippen LogP) is 3.18. The Balaban J connectivity index is 1.52. The highest BCUT2D eigenvalue weighted by atomic mass is 16.5. The van der Waals surface area contributed by atoms with Gasteiger partial charge in [0.2, 0.25) is 5.71 Å². The fourth-order valence-corrected chi connectivity index (χ4v) is 4.45. The molecule has 1 atom stereocenters. The van der Waals surface area contributed by atoms with Crippen molar-refractivity contribution >= 4 is 22.8 Å². The number of furan rings is 1. The van der Waals surface area contributed by atoms with Crippen LogP contribution in [0.4, 0.5) is 5.82 Å². The van der Waals surface area contributed by atoms with Gasteiger partial charge in [-0.25, -0.2) is 9.97 Å². The van der Waals surface area contributed by atoms with Crippen molar-refractivity contribution in [2.75, 3.05) is 31.2 Å². The molecular formula is C22H24N4O3. The summed E-state index contributed by atoms with van der Waals surface area (Å²) in [6.07, 6.45) is 4.56. The van der Waals surface area contributed by atoms with Crippen molar-refractivity contribution in [1.82, 2.24) is 15.3 Å². The topological polar surface area (TPSA) is 80.5 Å². The largest absolute Gasteiger partial charge is 0.442 e. The normalized spacial score (nSPS) is 19.2. The van der Waals surface area contributed by atoms with Crippen molar-refractivity contribution in [3.8, 4) is 0 Å². The number of ether oxygens (including phenoxy) is 1. The zero-order valence-electron chi connectivity index (χ0n) is 16.5. The monoisotopic (exact) mass is 392 g/mol. The molecule has 0 radical (unpaired) electrons. The van der Waals surface area contributed by atoms with Gasteiger partial charge in [-0.05, 0) is 37.3 Å². The van der Waals surface area contributed by atoms with Gasteiger partial charge in [-0.2, -0.15) is 0 Å². The van der Waals surface area contributed by atoms with Gasteiger partial charge in [-0.1, -0.05) is 24.3 Å². The number of aryl methyl sites for hydroxylation is 2. The zero-order chi connectivity index (χ0) is 19.8. The number of amides is 1. The molecule has 29 heavy (non-hydrogen) atoms. The van der Waals surface area contributed by atoms with E-state index >= 15 is 0 Å². The zero-order valence-corrected chi connectivity index (χ0v) is 16.5. The summed E-state index contributed by atoms with van der Waals surface area (Å²) < 4.78 is 11.3. The lowest BCUT2D eigenvalue weighted by molar-refractivity contribution is 0.0932. The minimum Gasteiger partial charge on any atom is -0.442 e. The number of morpholine rings is 1. The van der Waals surface area contributed by atoms with Crippen LogP contribution in [0.15, 0.2) is 35.0 Å². The average Bonchev–Trinajstić information content (AvgIpc) is 3.10. The Morgan fingerprint density at radius 1 is 1.21 bits per heavy atom. The van der Waals surface area contributed by atoms with E-state index in [0.29, 0.717) is 35.6 Å². The van der Waals surface area contributed by atoms with E-state index in [2.05, 4.69) is 38.4 Å². The maximum Gasteiger partial charge on any atom is 0.256 e. The summed E-state index contributed by atoms with van der Waals surface area (Å²) in [6.45, 7) is 4.56. The first-order valence-corrected chi connectivity index (χ1v) is 10.2. The van der Waals surface area contributed by atoms with Crippen LogP contribution >= 0.6 is 0 Å². The third-order valence-electron chi connectivity index (χ3n) is 5.86. The van der Waals surface area contributed by atoms with Gasteiger partial charge in [0.15, 0.2) is 0 Å². The number of benzene rings is 1. The molecule has 1 saturated heterocycles. The average molecular weight is 392 g/mol. The van der Waals surface area contributed by atoms with Crippen LogP contribution in [-0.4, -0.2) is 42.2 Å². The number of anilines is 1. The summed E-state index contributed by atoms with van der Waals surface area (Å²) in [5.41, 5.74) is 3.51. The molecule has 7 heteroatoms. The SMILES string of the molecule is Cc1oc2ncnc(N3CCOCC3)c2c1C(=O)N[C@H]1CCCc2ccccc21. The first-order chi connectivity index (χ1) is 14.2. The van der Waals surface area contributed by atoms with Crippen LogP contribution in [0.25, 0.3) is 11.1 Å².